The van der Waals surface area contributed by atoms with E-state index in [0.717, 1.165) is 37.7 Å². The summed E-state index contributed by atoms with van der Waals surface area (Å²) in [5.41, 5.74) is 0. The van der Waals surface area contributed by atoms with Crippen LogP contribution in [0.5, 0.6) is 0 Å². The van der Waals surface area contributed by atoms with Crippen molar-refractivity contribution in [3.8, 4) is 0 Å². The molecule has 0 aromatic carbocycles. The maximum absolute atomic E-state index is 4.20. The van der Waals surface area contributed by atoms with Crippen molar-refractivity contribution in [3.05, 3.63) is 11.6 Å². The monoisotopic (exact) mass is 194 g/mol. The Morgan fingerprint density at radius 3 is 2.64 bits per heavy atom. The second-order valence-corrected chi connectivity index (χ2v) is 4.19. The van der Waals surface area contributed by atoms with E-state index in [-0.39, 0.29) is 0 Å². The normalized spacial score (nSPS) is 18.3. The van der Waals surface area contributed by atoms with Crippen LogP contribution in [0.3, 0.4) is 0 Å². The lowest BCUT2D eigenvalue weighted by molar-refractivity contribution is 0.226. The van der Waals surface area contributed by atoms with Gasteiger partial charge in [0.2, 0.25) is 0 Å². The molecule has 0 saturated heterocycles. The van der Waals surface area contributed by atoms with Gasteiger partial charge in [0.15, 0.2) is 0 Å². The van der Waals surface area contributed by atoms with Crippen molar-refractivity contribution in [2.24, 2.45) is 0 Å². The van der Waals surface area contributed by atoms with Crippen molar-refractivity contribution in [3.63, 3.8) is 0 Å². The van der Waals surface area contributed by atoms with Crippen LogP contribution in [-0.2, 0) is 13.0 Å². The van der Waals surface area contributed by atoms with Gasteiger partial charge >= 0.3 is 0 Å². The highest BCUT2D eigenvalue weighted by molar-refractivity contribution is 4.97. The lowest BCUT2D eigenvalue weighted by atomic mass is 10.3. The van der Waals surface area contributed by atoms with Gasteiger partial charge in [-0.05, 0) is 20.8 Å². The molecule has 0 N–H and O–H groups in total. The largest absolute Gasteiger partial charge is 0.314 e. The van der Waals surface area contributed by atoms with Gasteiger partial charge in [-0.2, -0.15) is 0 Å². The van der Waals surface area contributed by atoms with Crippen LogP contribution in [0.15, 0.2) is 0 Å². The van der Waals surface area contributed by atoms with Gasteiger partial charge in [0.25, 0.3) is 0 Å². The molecule has 0 bridgehead atoms. The predicted molar refractivity (Wildman–Crippen MR) is 55.2 cm³/mol. The Morgan fingerprint density at radius 2 is 1.93 bits per heavy atom. The zero-order valence-electron chi connectivity index (χ0n) is 9.19. The molecule has 2 rings (SSSR count). The molecular weight excluding hydrogens is 176 g/mol. The third kappa shape index (κ3) is 1.66. The third-order valence-electron chi connectivity index (χ3n) is 2.98. The average molecular weight is 194 g/mol. The van der Waals surface area contributed by atoms with E-state index in [4.69, 9.17) is 0 Å². The van der Waals surface area contributed by atoms with Crippen LogP contribution < -0.4 is 0 Å². The van der Waals surface area contributed by atoms with Gasteiger partial charge < -0.3 is 4.57 Å². The van der Waals surface area contributed by atoms with Crippen molar-refractivity contribution in [1.29, 1.82) is 0 Å². The lowest BCUT2D eigenvalue weighted by Crippen LogP contribution is -2.33. The number of fused-ring (bicyclic) bond motifs is 1. The summed E-state index contributed by atoms with van der Waals surface area (Å²) >= 11 is 0. The van der Waals surface area contributed by atoms with Gasteiger partial charge in [0.05, 0.1) is 0 Å². The summed E-state index contributed by atoms with van der Waals surface area (Å²) in [5.74, 6) is 2.19. The number of rotatable bonds is 1. The quantitative estimate of drug-likeness (QED) is 0.664. The maximum Gasteiger partial charge on any atom is 0.134 e. The summed E-state index contributed by atoms with van der Waals surface area (Å²) in [7, 11) is 0. The lowest BCUT2D eigenvalue weighted by Gasteiger charge is -2.23. The second kappa shape index (κ2) is 3.69. The topological polar surface area (TPSA) is 34.0 Å². The van der Waals surface area contributed by atoms with Crippen LogP contribution in [0, 0.1) is 6.92 Å². The van der Waals surface area contributed by atoms with Crippen LogP contribution in [0.1, 0.15) is 25.5 Å². The minimum absolute atomic E-state index is 0.632. The Bertz CT molecular complexity index is 316. The smallest absolute Gasteiger partial charge is 0.134 e. The van der Waals surface area contributed by atoms with E-state index >= 15 is 0 Å². The molecular formula is C10H18N4. The van der Waals surface area contributed by atoms with E-state index in [2.05, 4.69) is 33.5 Å². The Morgan fingerprint density at radius 1 is 1.14 bits per heavy atom. The molecule has 2 heterocycles. The van der Waals surface area contributed by atoms with Crippen molar-refractivity contribution < 1.29 is 0 Å². The molecule has 1 aliphatic rings. The number of hydrogen-bond donors (Lipinski definition) is 0. The first kappa shape index (κ1) is 9.65. The fourth-order valence-electron chi connectivity index (χ4n) is 2.00. The van der Waals surface area contributed by atoms with Gasteiger partial charge in [-0.25, -0.2) is 0 Å². The van der Waals surface area contributed by atoms with Gasteiger partial charge in [-0.15, -0.1) is 10.2 Å². The predicted octanol–water partition coefficient (Wildman–Crippen LogP) is 0.853. The van der Waals surface area contributed by atoms with Gasteiger partial charge in [0, 0.05) is 32.1 Å². The number of aromatic nitrogens is 3. The van der Waals surface area contributed by atoms with Gasteiger partial charge in [-0.1, -0.05) is 0 Å². The molecule has 0 unspecified atom stereocenters. The van der Waals surface area contributed by atoms with Crippen molar-refractivity contribution in [1.82, 2.24) is 19.7 Å². The molecule has 1 aromatic heterocycles. The summed E-state index contributed by atoms with van der Waals surface area (Å²) in [5, 5.41) is 8.30. The Labute approximate surface area is 84.9 Å². The zero-order chi connectivity index (χ0) is 10.1. The van der Waals surface area contributed by atoms with E-state index in [1.807, 2.05) is 6.92 Å². The molecule has 0 radical (unpaired) electrons. The highest BCUT2D eigenvalue weighted by Crippen LogP contribution is 2.10. The second-order valence-electron chi connectivity index (χ2n) is 4.19. The molecule has 0 fully saturated rings. The van der Waals surface area contributed by atoms with Crippen LogP contribution >= 0.6 is 0 Å². The summed E-state index contributed by atoms with van der Waals surface area (Å²) in [6.45, 7) is 9.78. The molecule has 14 heavy (non-hydrogen) atoms. The van der Waals surface area contributed by atoms with E-state index in [0.29, 0.717) is 6.04 Å². The van der Waals surface area contributed by atoms with Crippen LogP contribution in [0.25, 0.3) is 0 Å². The fraction of sp³-hybridized carbons (Fsp3) is 0.800. The first-order chi connectivity index (χ1) is 6.68. The Balaban J connectivity index is 2.14. The average Bonchev–Trinajstić information content (AvgIpc) is 2.38. The molecule has 0 saturated carbocycles. The van der Waals surface area contributed by atoms with Crippen molar-refractivity contribution >= 4 is 0 Å². The summed E-state index contributed by atoms with van der Waals surface area (Å²) in [6.07, 6.45) is 1.03. The molecule has 0 spiro atoms. The zero-order valence-corrected chi connectivity index (χ0v) is 9.19. The van der Waals surface area contributed by atoms with E-state index in [9.17, 15) is 0 Å². The molecule has 0 atom stereocenters. The molecule has 4 nitrogen and oxygen atoms in total. The van der Waals surface area contributed by atoms with Crippen LogP contribution in [0.4, 0.5) is 0 Å². The molecule has 0 amide bonds. The number of hydrogen-bond acceptors (Lipinski definition) is 3. The summed E-state index contributed by atoms with van der Waals surface area (Å²) < 4.78 is 2.24. The standard InChI is InChI=1S/C10H18N4/c1-8(2)13-5-4-10-12-11-9(3)14(10)7-6-13/h8H,4-7H2,1-3H3. The third-order valence-corrected chi connectivity index (χ3v) is 2.98. The highest BCUT2D eigenvalue weighted by Gasteiger charge is 2.17. The van der Waals surface area contributed by atoms with Gasteiger partial charge in [-0.3, -0.25) is 4.90 Å². The van der Waals surface area contributed by atoms with Crippen LogP contribution in [0.2, 0.25) is 0 Å². The van der Waals surface area contributed by atoms with Crippen LogP contribution in [-0.4, -0.2) is 38.8 Å². The highest BCUT2D eigenvalue weighted by atomic mass is 15.3. The fourth-order valence-corrected chi connectivity index (χ4v) is 2.00. The molecule has 78 valence electrons. The Kier molecular flexibility index (Phi) is 2.54. The van der Waals surface area contributed by atoms with E-state index in [1.165, 1.54) is 0 Å². The molecule has 4 heteroatoms. The summed E-state index contributed by atoms with van der Waals surface area (Å²) in [4.78, 5) is 2.49. The molecule has 1 aromatic rings. The Hall–Kier alpha value is -0.900. The number of nitrogens with zero attached hydrogens (tertiary/aromatic N) is 4. The number of aryl methyl sites for hydroxylation is 1. The van der Waals surface area contributed by atoms with Crippen molar-refractivity contribution in [2.45, 2.75) is 39.8 Å². The van der Waals surface area contributed by atoms with E-state index < -0.39 is 0 Å². The van der Waals surface area contributed by atoms with Crippen molar-refractivity contribution in [2.75, 3.05) is 13.1 Å². The maximum atomic E-state index is 4.20. The first-order valence-corrected chi connectivity index (χ1v) is 5.31. The van der Waals surface area contributed by atoms with E-state index in [1.54, 1.807) is 0 Å². The van der Waals surface area contributed by atoms with Gasteiger partial charge in [0.1, 0.15) is 11.6 Å². The minimum atomic E-state index is 0.632. The molecule has 0 aliphatic carbocycles. The SMILES string of the molecule is Cc1nnc2n1CCN(C(C)C)CC2. The molecule has 1 aliphatic heterocycles. The minimum Gasteiger partial charge on any atom is -0.314 e. The summed E-state index contributed by atoms with van der Waals surface area (Å²) in [6, 6.07) is 0.632. The first-order valence-electron chi connectivity index (χ1n) is 5.31.